The van der Waals surface area contributed by atoms with E-state index in [-0.39, 0.29) is 0 Å². The van der Waals surface area contributed by atoms with E-state index in [2.05, 4.69) is 34.9 Å². The van der Waals surface area contributed by atoms with Crippen molar-refractivity contribution in [3.63, 3.8) is 0 Å². The number of fused-ring (bicyclic) bond motifs is 3. The number of nitrogens with zero attached hydrogens (tertiary/aromatic N) is 8. The standard InChI is InChI=1S/C35H22N8O4/c1-3-23(15-25(5-1)46-33-19-36-11-13-39-33)44-27-7-9-29-30-10-8-28(18-32(30)43(31(29)17-27)35-41-21-38-22-42-35)45-24-4-2-6-26(16-24)47-34-20-37-12-14-40-34/h1-22H. The van der Waals surface area contributed by atoms with Gasteiger partial charge in [-0.1, -0.05) is 12.1 Å². The fourth-order valence-electron chi connectivity index (χ4n) is 5.06. The van der Waals surface area contributed by atoms with Crippen LogP contribution in [0.4, 0.5) is 0 Å². The fraction of sp³-hybridized carbons (Fsp3) is 0. The molecule has 0 spiro atoms. The molecule has 47 heavy (non-hydrogen) atoms. The summed E-state index contributed by atoms with van der Waals surface area (Å²) in [4.78, 5) is 29.3. The second-order valence-corrected chi connectivity index (χ2v) is 10.1. The van der Waals surface area contributed by atoms with E-state index in [4.69, 9.17) is 18.9 Å². The molecular weight excluding hydrogens is 596 g/mol. The fourth-order valence-corrected chi connectivity index (χ4v) is 5.06. The monoisotopic (exact) mass is 618 g/mol. The van der Waals surface area contributed by atoms with Gasteiger partial charge >= 0.3 is 0 Å². The Morgan fingerprint density at radius 1 is 0.426 bits per heavy atom. The lowest BCUT2D eigenvalue weighted by molar-refractivity contribution is 0.447. The Hall–Kier alpha value is -6.95. The highest BCUT2D eigenvalue weighted by molar-refractivity contribution is 6.09. The van der Waals surface area contributed by atoms with Crippen molar-refractivity contribution in [2.24, 2.45) is 0 Å². The Morgan fingerprint density at radius 3 is 1.36 bits per heavy atom. The van der Waals surface area contributed by atoms with E-state index in [0.29, 0.717) is 52.2 Å². The lowest BCUT2D eigenvalue weighted by Gasteiger charge is -2.10. The molecule has 0 amide bonds. The largest absolute Gasteiger partial charge is 0.457 e. The molecule has 226 valence electrons. The number of rotatable bonds is 9. The Balaban J connectivity index is 1.13. The molecule has 0 radical (unpaired) electrons. The van der Waals surface area contributed by atoms with Crippen molar-refractivity contribution in [1.29, 1.82) is 0 Å². The maximum Gasteiger partial charge on any atom is 0.237 e. The molecule has 12 nitrogen and oxygen atoms in total. The molecule has 0 unspecified atom stereocenters. The van der Waals surface area contributed by atoms with Crippen LogP contribution in [-0.2, 0) is 0 Å². The molecule has 0 aliphatic heterocycles. The van der Waals surface area contributed by atoms with Crippen LogP contribution in [0.5, 0.6) is 46.3 Å². The van der Waals surface area contributed by atoms with Gasteiger partial charge in [-0.3, -0.25) is 14.5 Å². The van der Waals surface area contributed by atoms with Crippen LogP contribution in [-0.4, -0.2) is 39.5 Å². The van der Waals surface area contributed by atoms with Gasteiger partial charge in [0.1, 0.15) is 47.2 Å². The third-order valence-electron chi connectivity index (χ3n) is 7.00. The first kappa shape index (κ1) is 27.6. The number of ether oxygens (including phenoxy) is 4. The van der Waals surface area contributed by atoms with E-state index in [1.54, 1.807) is 49.3 Å². The zero-order valence-corrected chi connectivity index (χ0v) is 24.4. The second kappa shape index (κ2) is 12.2. The van der Waals surface area contributed by atoms with Gasteiger partial charge in [0, 0.05) is 59.8 Å². The van der Waals surface area contributed by atoms with E-state index in [1.165, 1.54) is 12.7 Å². The van der Waals surface area contributed by atoms with Crippen LogP contribution in [0.25, 0.3) is 27.8 Å². The quantitative estimate of drug-likeness (QED) is 0.157. The van der Waals surface area contributed by atoms with Gasteiger partial charge in [0.25, 0.3) is 0 Å². The number of hydrogen-bond donors (Lipinski definition) is 0. The van der Waals surface area contributed by atoms with E-state index < -0.39 is 0 Å². The van der Waals surface area contributed by atoms with Gasteiger partial charge < -0.3 is 18.9 Å². The molecule has 0 aliphatic rings. The molecule has 12 heteroatoms. The molecule has 0 saturated heterocycles. The summed E-state index contributed by atoms with van der Waals surface area (Å²) in [6.07, 6.45) is 12.3. The van der Waals surface area contributed by atoms with Crippen molar-refractivity contribution in [2.45, 2.75) is 0 Å². The molecule has 0 aliphatic carbocycles. The van der Waals surface area contributed by atoms with E-state index >= 15 is 0 Å². The zero-order valence-electron chi connectivity index (χ0n) is 24.4. The first-order valence-electron chi connectivity index (χ1n) is 14.4. The number of benzene rings is 4. The third kappa shape index (κ3) is 5.93. The highest BCUT2D eigenvalue weighted by atomic mass is 16.5. The summed E-state index contributed by atoms with van der Waals surface area (Å²) in [5, 5.41) is 1.97. The molecule has 0 bridgehead atoms. The summed E-state index contributed by atoms with van der Waals surface area (Å²) < 4.78 is 26.2. The SMILES string of the molecule is c1cc(Oc2ccc3c4ccc(Oc5cccc(Oc6cnccn6)c5)cc4n(-c4ncncn4)c3c2)cc(Oc2cnccn2)c1. The van der Waals surface area contributed by atoms with Crippen LogP contribution >= 0.6 is 0 Å². The van der Waals surface area contributed by atoms with Crippen molar-refractivity contribution in [3.8, 4) is 52.2 Å². The molecule has 4 heterocycles. The normalized spacial score (nSPS) is 11.0. The van der Waals surface area contributed by atoms with Crippen molar-refractivity contribution >= 4 is 21.8 Å². The van der Waals surface area contributed by atoms with Gasteiger partial charge in [0.15, 0.2) is 0 Å². The highest BCUT2D eigenvalue weighted by Crippen LogP contribution is 2.38. The molecule has 0 atom stereocenters. The highest BCUT2D eigenvalue weighted by Gasteiger charge is 2.17. The maximum atomic E-state index is 6.28. The zero-order chi connectivity index (χ0) is 31.4. The summed E-state index contributed by atoms with van der Waals surface area (Å²) >= 11 is 0. The lowest BCUT2D eigenvalue weighted by Crippen LogP contribution is -2.01. The Kier molecular flexibility index (Phi) is 7.17. The van der Waals surface area contributed by atoms with Crippen LogP contribution in [0, 0.1) is 0 Å². The van der Waals surface area contributed by atoms with E-state index in [1.807, 2.05) is 77.4 Å². The summed E-state index contributed by atoms with van der Waals surface area (Å²) in [5.74, 6) is 4.78. The average Bonchev–Trinajstić information content (AvgIpc) is 3.42. The van der Waals surface area contributed by atoms with Gasteiger partial charge in [-0.25, -0.2) is 24.9 Å². The molecule has 4 aromatic carbocycles. The van der Waals surface area contributed by atoms with Crippen LogP contribution in [0.2, 0.25) is 0 Å². The lowest BCUT2D eigenvalue weighted by atomic mass is 10.1. The van der Waals surface area contributed by atoms with Crippen molar-refractivity contribution < 1.29 is 18.9 Å². The summed E-state index contributed by atoms with van der Waals surface area (Å²) in [7, 11) is 0. The molecule has 0 fully saturated rings. The second-order valence-electron chi connectivity index (χ2n) is 10.1. The van der Waals surface area contributed by atoms with E-state index in [9.17, 15) is 0 Å². The Bertz CT molecular complexity index is 2180. The molecule has 4 aromatic heterocycles. The minimum absolute atomic E-state index is 0.388. The van der Waals surface area contributed by atoms with Gasteiger partial charge in [-0.15, -0.1) is 0 Å². The maximum absolute atomic E-state index is 6.28. The van der Waals surface area contributed by atoms with Gasteiger partial charge in [0.05, 0.1) is 23.4 Å². The van der Waals surface area contributed by atoms with Crippen molar-refractivity contribution in [3.05, 3.63) is 135 Å². The van der Waals surface area contributed by atoms with Gasteiger partial charge in [-0.05, 0) is 48.5 Å². The summed E-state index contributed by atoms with van der Waals surface area (Å²) in [5.41, 5.74) is 1.68. The average molecular weight is 619 g/mol. The number of hydrogen-bond acceptors (Lipinski definition) is 11. The molecule has 0 saturated carbocycles. The van der Waals surface area contributed by atoms with Crippen LogP contribution in [0.3, 0.4) is 0 Å². The molecule has 8 aromatic rings. The topological polar surface area (TPSA) is 132 Å². The summed E-state index contributed by atoms with van der Waals surface area (Å²) in [6, 6.07) is 26.4. The van der Waals surface area contributed by atoms with Crippen molar-refractivity contribution in [2.75, 3.05) is 0 Å². The minimum atomic E-state index is 0.388. The van der Waals surface area contributed by atoms with E-state index in [0.717, 1.165) is 21.8 Å². The van der Waals surface area contributed by atoms with Gasteiger partial charge in [0.2, 0.25) is 17.7 Å². The predicted molar refractivity (Wildman–Crippen MR) is 171 cm³/mol. The Morgan fingerprint density at radius 2 is 0.894 bits per heavy atom. The summed E-state index contributed by atoms with van der Waals surface area (Å²) in [6.45, 7) is 0. The predicted octanol–water partition coefficient (Wildman–Crippen LogP) is 7.72. The minimum Gasteiger partial charge on any atom is -0.457 e. The van der Waals surface area contributed by atoms with Crippen LogP contribution < -0.4 is 18.9 Å². The van der Waals surface area contributed by atoms with Gasteiger partial charge in [-0.2, -0.15) is 0 Å². The third-order valence-corrected chi connectivity index (χ3v) is 7.00. The molecule has 8 rings (SSSR count). The smallest absolute Gasteiger partial charge is 0.237 e. The first-order chi connectivity index (χ1) is 23.2. The van der Waals surface area contributed by atoms with Crippen LogP contribution in [0.1, 0.15) is 0 Å². The number of aromatic nitrogens is 8. The Labute approximate surface area is 266 Å². The van der Waals surface area contributed by atoms with Crippen molar-refractivity contribution in [1.82, 2.24) is 39.5 Å². The molecule has 0 N–H and O–H groups in total. The molecular formula is C35H22N8O4. The van der Waals surface area contributed by atoms with Crippen LogP contribution in [0.15, 0.2) is 135 Å². The first-order valence-corrected chi connectivity index (χ1v) is 14.4.